The van der Waals surface area contributed by atoms with E-state index in [9.17, 15) is 0 Å². The first-order valence-corrected chi connectivity index (χ1v) is 7.24. The molecule has 1 aliphatic heterocycles. The van der Waals surface area contributed by atoms with E-state index in [0.29, 0.717) is 25.5 Å². The molecule has 3 rings (SSSR count). The third-order valence-electron chi connectivity index (χ3n) is 3.62. The topological polar surface area (TPSA) is 44.5 Å². The average molecular weight is 287 g/mol. The van der Waals surface area contributed by atoms with E-state index in [4.69, 9.17) is 13.9 Å². The van der Waals surface area contributed by atoms with Crippen LogP contribution in [-0.4, -0.2) is 24.0 Å². The number of ether oxygens (including phenoxy) is 2. The quantitative estimate of drug-likeness (QED) is 0.864. The Morgan fingerprint density at radius 1 is 1.05 bits per heavy atom. The van der Waals surface area contributed by atoms with Gasteiger partial charge >= 0.3 is 0 Å². The van der Waals surface area contributed by atoms with Crippen LogP contribution in [0.25, 0.3) is 11.3 Å². The SMILES string of the molecule is CC1(C)COC(C)(Cc2ncc(-c3ccccc3)o2)OC1. The third kappa shape index (κ3) is 3.34. The monoisotopic (exact) mass is 287 g/mol. The second-order valence-corrected chi connectivity index (χ2v) is 6.54. The summed E-state index contributed by atoms with van der Waals surface area (Å²) in [7, 11) is 0. The molecule has 0 unspecified atom stereocenters. The van der Waals surface area contributed by atoms with Crippen molar-refractivity contribution >= 4 is 0 Å². The molecule has 0 atom stereocenters. The van der Waals surface area contributed by atoms with Gasteiger partial charge in [-0.3, -0.25) is 0 Å². The maximum atomic E-state index is 5.88. The van der Waals surface area contributed by atoms with Gasteiger partial charge in [0, 0.05) is 11.0 Å². The van der Waals surface area contributed by atoms with Gasteiger partial charge in [0.05, 0.1) is 25.8 Å². The summed E-state index contributed by atoms with van der Waals surface area (Å²) < 4.78 is 17.6. The molecule has 21 heavy (non-hydrogen) atoms. The van der Waals surface area contributed by atoms with Gasteiger partial charge in [-0.2, -0.15) is 0 Å². The van der Waals surface area contributed by atoms with Gasteiger partial charge in [-0.25, -0.2) is 4.98 Å². The molecule has 1 aliphatic rings. The lowest BCUT2D eigenvalue weighted by molar-refractivity contribution is -0.289. The van der Waals surface area contributed by atoms with Crippen LogP contribution in [0.2, 0.25) is 0 Å². The van der Waals surface area contributed by atoms with E-state index in [2.05, 4.69) is 18.8 Å². The van der Waals surface area contributed by atoms with E-state index in [1.807, 2.05) is 37.3 Å². The van der Waals surface area contributed by atoms with E-state index in [0.717, 1.165) is 11.3 Å². The normalized spacial score (nSPS) is 20.3. The smallest absolute Gasteiger partial charge is 0.200 e. The summed E-state index contributed by atoms with van der Waals surface area (Å²) in [5, 5.41) is 0. The van der Waals surface area contributed by atoms with Gasteiger partial charge in [0.15, 0.2) is 17.4 Å². The van der Waals surface area contributed by atoms with Crippen LogP contribution in [0, 0.1) is 5.41 Å². The van der Waals surface area contributed by atoms with Gasteiger partial charge < -0.3 is 13.9 Å². The number of hydrogen-bond donors (Lipinski definition) is 0. The summed E-state index contributed by atoms with van der Waals surface area (Å²) in [4.78, 5) is 4.34. The van der Waals surface area contributed by atoms with Crippen LogP contribution in [-0.2, 0) is 15.9 Å². The van der Waals surface area contributed by atoms with E-state index < -0.39 is 5.79 Å². The molecule has 0 amide bonds. The number of nitrogens with zero attached hydrogens (tertiary/aromatic N) is 1. The zero-order valence-electron chi connectivity index (χ0n) is 12.8. The first-order valence-electron chi connectivity index (χ1n) is 7.24. The second-order valence-electron chi connectivity index (χ2n) is 6.54. The maximum Gasteiger partial charge on any atom is 0.200 e. The largest absolute Gasteiger partial charge is 0.441 e. The highest BCUT2D eigenvalue weighted by Crippen LogP contribution is 2.32. The predicted octanol–water partition coefficient (Wildman–Crippen LogP) is 3.67. The Labute approximate surface area is 125 Å². The van der Waals surface area contributed by atoms with E-state index in [-0.39, 0.29) is 5.41 Å². The maximum absolute atomic E-state index is 5.88. The van der Waals surface area contributed by atoms with Crippen LogP contribution < -0.4 is 0 Å². The number of hydrogen-bond acceptors (Lipinski definition) is 4. The zero-order valence-corrected chi connectivity index (χ0v) is 12.8. The highest BCUT2D eigenvalue weighted by molar-refractivity contribution is 5.55. The molecule has 0 radical (unpaired) electrons. The lowest BCUT2D eigenvalue weighted by Gasteiger charge is -2.40. The molecule has 112 valence electrons. The number of oxazole rings is 1. The second kappa shape index (κ2) is 5.28. The lowest BCUT2D eigenvalue weighted by atomic mass is 9.94. The van der Waals surface area contributed by atoms with Crippen LogP contribution in [0.15, 0.2) is 40.9 Å². The molecule has 2 heterocycles. The summed E-state index contributed by atoms with van der Waals surface area (Å²) in [5.74, 6) is 0.746. The Morgan fingerprint density at radius 2 is 1.71 bits per heavy atom. The van der Waals surface area contributed by atoms with E-state index >= 15 is 0 Å². The standard InChI is InChI=1S/C17H21NO3/c1-16(2)11-19-17(3,20-12-16)9-15-18-10-14(21-15)13-7-5-4-6-8-13/h4-8,10H,9,11-12H2,1-3H3. The molecule has 1 saturated heterocycles. The summed E-state index contributed by atoms with van der Waals surface area (Å²) in [6.07, 6.45) is 2.26. The van der Waals surface area contributed by atoms with Gasteiger partial charge in [-0.1, -0.05) is 44.2 Å². The zero-order chi connectivity index (χ0) is 14.9. The molecule has 0 spiro atoms. The molecule has 4 heteroatoms. The minimum absolute atomic E-state index is 0.0608. The lowest BCUT2D eigenvalue weighted by Crippen LogP contribution is -2.46. The van der Waals surface area contributed by atoms with Crippen molar-refractivity contribution in [3.63, 3.8) is 0 Å². The van der Waals surface area contributed by atoms with Gasteiger partial charge in [0.25, 0.3) is 0 Å². The molecule has 1 aromatic heterocycles. The minimum atomic E-state index is -0.658. The minimum Gasteiger partial charge on any atom is -0.441 e. The van der Waals surface area contributed by atoms with Crippen molar-refractivity contribution in [2.45, 2.75) is 33.0 Å². The fraction of sp³-hybridized carbons (Fsp3) is 0.471. The van der Waals surface area contributed by atoms with Crippen LogP contribution >= 0.6 is 0 Å². The Balaban J connectivity index is 1.70. The van der Waals surface area contributed by atoms with Gasteiger partial charge in [-0.05, 0) is 6.92 Å². The van der Waals surface area contributed by atoms with Gasteiger partial charge in [-0.15, -0.1) is 0 Å². The van der Waals surface area contributed by atoms with Crippen molar-refractivity contribution in [3.8, 4) is 11.3 Å². The molecule has 0 bridgehead atoms. The molecule has 0 aliphatic carbocycles. The molecule has 2 aromatic rings. The fourth-order valence-corrected chi connectivity index (χ4v) is 2.28. The molecule has 1 fully saturated rings. The molecule has 0 N–H and O–H groups in total. The molecule has 4 nitrogen and oxygen atoms in total. The summed E-state index contributed by atoms with van der Waals surface area (Å²) in [5.41, 5.74) is 1.08. The van der Waals surface area contributed by atoms with Crippen LogP contribution in [0.1, 0.15) is 26.7 Å². The average Bonchev–Trinajstić information content (AvgIpc) is 2.92. The van der Waals surface area contributed by atoms with Crippen molar-refractivity contribution in [1.82, 2.24) is 4.98 Å². The third-order valence-corrected chi connectivity index (χ3v) is 3.62. The first kappa shape index (κ1) is 14.3. The Morgan fingerprint density at radius 3 is 2.38 bits per heavy atom. The predicted molar refractivity (Wildman–Crippen MR) is 79.7 cm³/mol. The van der Waals surface area contributed by atoms with E-state index in [1.165, 1.54) is 0 Å². The molecule has 1 aromatic carbocycles. The molecule has 0 saturated carbocycles. The Bertz CT molecular complexity index is 594. The van der Waals surface area contributed by atoms with Crippen molar-refractivity contribution < 1.29 is 13.9 Å². The van der Waals surface area contributed by atoms with Crippen LogP contribution in [0.3, 0.4) is 0 Å². The highest BCUT2D eigenvalue weighted by atomic mass is 16.7. The van der Waals surface area contributed by atoms with Crippen LogP contribution in [0.4, 0.5) is 0 Å². The van der Waals surface area contributed by atoms with Crippen molar-refractivity contribution in [2.75, 3.05) is 13.2 Å². The molecular formula is C17H21NO3. The van der Waals surface area contributed by atoms with Gasteiger partial charge in [0.2, 0.25) is 0 Å². The molecular weight excluding hydrogens is 266 g/mol. The van der Waals surface area contributed by atoms with E-state index in [1.54, 1.807) is 6.20 Å². The Hall–Kier alpha value is -1.65. The van der Waals surface area contributed by atoms with Crippen molar-refractivity contribution in [2.24, 2.45) is 5.41 Å². The summed E-state index contributed by atoms with van der Waals surface area (Å²) in [6, 6.07) is 9.94. The fourth-order valence-electron chi connectivity index (χ4n) is 2.28. The van der Waals surface area contributed by atoms with Crippen LogP contribution in [0.5, 0.6) is 0 Å². The van der Waals surface area contributed by atoms with Crippen molar-refractivity contribution in [1.29, 1.82) is 0 Å². The summed E-state index contributed by atoms with van der Waals surface area (Å²) >= 11 is 0. The van der Waals surface area contributed by atoms with Gasteiger partial charge in [0.1, 0.15) is 0 Å². The number of rotatable bonds is 3. The number of aromatic nitrogens is 1. The highest BCUT2D eigenvalue weighted by Gasteiger charge is 2.38. The first-order chi connectivity index (χ1) is 9.96. The number of benzene rings is 1. The van der Waals surface area contributed by atoms with Crippen molar-refractivity contribution in [3.05, 3.63) is 42.4 Å². The Kier molecular flexibility index (Phi) is 3.59. The summed E-state index contributed by atoms with van der Waals surface area (Å²) in [6.45, 7) is 7.55.